The molecule has 2 aromatic heterocycles. The molecule has 0 aliphatic carbocycles. The fourth-order valence-electron chi connectivity index (χ4n) is 3.43. The third-order valence-corrected chi connectivity index (χ3v) is 4.69. The molecule has 0 radical (unpaired) electrons. The van der Waals surface area contributed by atoms with Gasteiger partial charge in [0.05, 0.1) is 17.8 Å². The highest BCUT2D eigenvalue weighted by Crippen LogP contribution is 2.38. The number of nitrogens with one attached hydrogen (secondary N) is 2. The van der Waals surface area contributed by atoms with E-state index in [1.165, 1.54) is 5.56 Å². The lowest BCUT2D eigenvalue weighted by molar-refractivity contribution is 0.112. The minimum Gasteiger partial charge on any atom is -0.369 e. The van der Waals surface area contributed by atoms with E-state index in [2.05, 4.69) is 37.7 Å². The van der Waals surface area contributed by atoms with Crippen molar-refractivity contribution in [3.05, 3.63) is 59.6 Å². The molecule has 126 valence electrons. The van der Waals surface area contributed by atoms with Gasteiger partial charge in [-0.05, 0) is 36.1 Å². The maximum Gasteiger partial charge on any atom is 0.153 e. The van der Waals surface area contributed by atoms with E-state index in [0.29, 0.717) is 29.8 Å². The molecule has 25 heavy (non-hydrogen) atoms. The molecule has 6 heteroatoms. The molecule has 0 saturated carbocycles. The van der Waals surface area contributed by atoms with Gasteiger partial charge in [0, 0.05) is 31.1 Å². The fraction of sp³-hybridized carbons (Fsp3) is 0.263. The molecule has 4 heterocycles. The molecule has 2 atom stereocenters. The summed E-state index contributed by atoms with van der Waals surface area (Å²) < 4.78 is 0. The number of allylic oxidation sites excluding steroid dienone is 1. The van der Waals surface area contributed by atoms with Crippen LogP contribution in [0.4, 0.5) is 11.6 Å². The van der Waals surface area contributed by atoms with Gasteiger partial charge in [-0.25, -0.2) is 9.97 Å². The Morgan fingerprint density at radius 3 is 3.04 bits per heavy atom. The van der Waals surface area contributed by atoms with Gasteiger partial charge >= 0.3 is 0 Å². The largest absolute Gasteiger partial charge is 0.369 e. The van der Waals surface area contributed by atoms with Gasteiger partial charge in [-0.3, -0.25) is 9.79 Å². The van der Waals surface area contributed by atoms with E-state index in [0.717, 1.165) is 30.8 Å². The van der Waals surface area contributed by atoms with Gasteiger partial charge in [0.2, 0.25) is 0 Å². The number of carbonyl (C=O) groups is 1. The minimum absolute atomic E-state index is 0.390. The molecule has 0 amide bonds. The lowest BCUT2D eigenvalue weighted by Gasteiger charge is -2.22. The summed E-state index contributed by atoms with van der Waals surface area (Å²) in [6, 6.07) is 7.64. The average Bonchev–Trinajstić information content (AvgIpc) is 3.11. The SMILES string of the molecule is O=Cc1cccnc1NCC1=CC(C2CNc3ncccc32)CC=N1. The van der Waals surface area contributed by atoms with Crippen molar-refractivity contribution in [3.63, 3.8) is 0 Å². The first-order valence-corrected chi connectivity index (χ1v) is 8.41. The van der Waals surface area contributed by atoms with Crippen molar-refractivity contribution in [1.82, 2.24) is 9.97 Å². The average molecular weight is 333 g/mol. The molecule has 2 aliphatic rings. The van der Waals surface area contributed by atoms with Crippen molar-refractivity contribution in [2.45, 2.75) is 12.3 Å². The van der Waals surface area contributed by atoms with E-state index in [4.69, 9.17) is 0 Å². The summed E-state index contributed by atoms with van der Waals surface area (Å²) in [7, 11) is 0. The topological polar surface area (TPSA) is 79.3 Å². The van der Waals surface area contributed by atoms with Crippen LogP contribution in [0.1, 0.15) is 28.3 Å². The summed E-state index contributed by atoms with van der Waals surface area (Å²) in [5.41, 5.74) is 2.80. The second kappa shape index (κ2) is 6.84. The zero-order valence-electron chi connectivity index (χ0n) is 13.7. The summed E-state index contributed by atoms with van der Waals surface area (Å²) in [6.45, 7) is 1.45. The zero-order chi connectivity index (χ0) is 17.1. The van der Waals surface area contributed by atoms with Crippen LogP contribution in [0.5, 0.6) is 0 Å². The summed E-state index contributed by atoms with van der Waals surface area (Å²) in [5, 5.41) is 6.60. The number of hydrogen-bond donors (Lipinski definition) is 2. The molecule has 2 unspecified atom stereocenters. The van der Waals surface area contributed by atoms with E-state index in [1.807, 2.05) is 18.5 Å². The number of nitrogens with zero attached hydrogens (tertiary/aromatic N) is 3. The van der Waals surface area contributed by atoms with E-state index in [1.54, 1.807) is 18.3 Å². The van der Waals surface area contributed by atoms with Crippen LogP contribution in [0.25, 0.3) is 0 Å². The molecular weight excluding hydrogens is 314 g/mol. The quantitative estimate of drug-likeness (QED) is 0.823. The number of pyridine rings is 2. The minimum atomic E-state index is 0.390. The third kappa shape index (κ3) is 3.15. The molecule has 2 aromatic rings. The second-order valence-corrected chi connectivity index (χ2v) is 6.21. The number of aldehydes is 1. The molecule has 0 aromatic carbocycles. The summed E-state index contributed by atoms with van der Waals surface area (Å²) >= 11 is 0. The first-order valence-electron chi connectivity index (χ1n) is 8.41. The zero-order valence-corrected chi connectivity index (χ0v) is 13.7. The van der Waals surface area contributed by atoms with Crippen LogP contribution in [0.15, 0.2) is 53.4 Å². The normalized spacial score (nSPS) is 21.2. The van der Waals surface area contributed by atoms with Gasteiger partial charge in [-0.15, -0.1) is 0 Å². The van der Waals surface area contributed by atoms with E-state index >= 15 is 0 Å². The molecule has 4 rings (SSSR count). The summed E-state index contributed by atoms with van der Waals surface area (Å²) in [6.07, 6.45) is 9.43. The summed E-state index contributed by atoms with van der Waals surface area (Å²) in [5.74, 6) is 2.38. The predicted octanol–water partition coefficient (Wildman–Crippen LogP) is 2.88. The van der Waals surface area contributed by atoms with E-state index < -0.39 is 0 Å². The van der Waals surface area contributed by atoms with E-state index in [-0.39, 0.29) is 0 Å². The van der Waals surface area contributed by atoms with Crippen LogP contribution < -0.4 is 10.6 Å². The summed E-state index contributed by atoms with van der Waals surface area (Å²) in [4.78, 5) is 24.2. The number of fused-ring (bicyclic) bond motifs is 1. The number of aromatic nitrogens is 2. The maximum absolute atomic E-state index is 11.1. The van der Waals surface area contributed by atoms with Crippen molar-refractivity contribution in [2.24, 2.45) is 10.9 Å². The standard InChI is InChI=1S/C19H19N5O/c25-12-14-3-1-6-21-18(14)23-10-15-9-13(5-8-20-15)17-11-24-19-16(17)4-2-7-22-19/h1-4,6-9,12-13,17H,5,10-11H2,(H,21,23)(H,22,24). The van der Waals surface area contributed by atoms with Crippen molar-refractivity contribution < 1.29 is 4.79 Å². The van der Waals surface area contributed by atoms with Gasteiger partial charge < -0.3 is 10.6 Å². The Bertz CT molecular complexity index is 845. The van der Waals surface area contributed by atoms with Crippen LogP contribution in [0.2, 0.25) is 0 Å². The highest BCUT2D eigenvalue weighted by atomic mass is 16.1. The number of anilines is 2. The smallest absolute Gasteiger partial charge is 0.153 e. The van der Waals surface area contributed by atoms with Crippen molar-refractivity contribution in [1.29, 1.82) is 0 Å². The van der Waals surface area contributed by atoms with Gasteiger partial charge in [0.15, 0.2) is 6.29 Å². The molecule has 6 nitrogen and oxygen atoms in total. The monoisotopic (exact) mass is 333 g/mol. The Morgan fingerprint density at radius 2 is 2.12 bits per heavy atom. The van der Waals surface area contributed by atoms with Gasteiger partial charge in [0.25, 0.3) is 0 Å². The van der Waals surface area contributed by atoms with Crippen molar-refractivity contribution in [2.75, 3.05) is 23.7 Å². The second-order valence-electron chi connectivity index (χ2n) is 6.21. The van der Waals surface area contributed by atoms with Crippen LogP contribution in [-0.4, -0.2) is 35.6 Å². The van der Waals surface area contributed by atoms with Crippen molar-refractivity contribution in [3.8, 4) is 0 Å². The highest BCUT2D eigenvalue weighted by molar-refractivity contribution is 5.82. The Morgan fingerprint density at radius 1 is 1.24 bits per heavy atom. The Kier molecular flexibility index (Phi) is 4.24. The first kappa shape index (κ1) is 15.5. The predicted molar refractivity (Wildman–Crippen MR) is 98.3 cm³/mol. The lowest BCUT2D eigenvalue weighted by Crippen LogP contribution is -2.18. The molecular formula is C19H19N5O. The van der Waals surface area contributed by atoms with Gasteiger partial charge in [0.1, 0.15) is 11.6 Å². The molecule has 2 N–H and O–H groups in total. The third-order valence-electron chi connectivity index (χ3n) is 4.69. The molecule has 0 fully saturated rings. The van der Waals surface area contributed by atoms with E-state index in [9.17, 15) is 4.79 Å². The number of aliphatic imine (C=N–C) groups is 1. The van der Waals surface area contributed by atoms with Crippen LogP contribution >= 0.6 is 0 Å². The molecule has 2 aliphatic heterocycles. The first-order chi connectivity index (χ1) is 12.3. The van der Waals surface area contributed by atoms with Crippen LogP contribution in [0, 0.1) is 5.92 Å². The fourth-order valence-corrected chi connectivity index (χ4v) is 3.43. The van der Waals surface area contributed by atoms with Gasteiger partial charge in [-0.2, -0.15) is 0 Å². The highest BCUT2D eigenvalue weighted by Gasteiger charge is 2.30. The molecule has 0 bridgehead atoms. The van der Waals surface area contributed by atoms with Crippen LogP contribution in [-0.2, 0) is 0 Å². The maximum atomic E-state index is 11.1. The number of hydrogen-bond acceptors (Lipinski definition) is 6. The van der Waals surface area contributed by atoms with Crippen molar-refractivity contribution >= 4 is 24.1 Å². The van der Waals surface area contributed by atoms with Gasteiger partial charge in [-0.1, -0.05) is 12.1 Å². The lowest BCUT2D eigenvalue weighted by atomic mass is 9.84. The van der Waals surface area contributed by atoms with Crippen LogP contribution in [0.3, 0.4) is 0 Å². The Labute approximate surface area is 146 Å². The Hall–Kier alpha value is -3.02. The molecule has 0 spiro atoms. The Balaban J connectivity index is 1.48. The number of rotatable bonds is 5. The number of carbonyl (C=O) groups excluding carboxylic acids is 1. The molecule has 0 saturated heterocycles.